The number of piperazine rings is 1. The summed E-state index contributed by atoms with van der Waals surface area (Å²) in [7, 11) is 0. The third kappa shape index (κ3) is 10.7. The summed E-state index contributed by atoms with van der Waals surface area (Å²) in [6, 6.07) is 7.25. The molecule has 0 aliphatic carbocycles. The maximum absolute atomic E-state index is 12.0. The van der Waals surface area contributed by atoms with Crippen molar-refractivity contribution in [3.63, 3.8) is 0 Å². The lowest BCUT2D eigenvalue weighted by molar-refractivity contribution is -0.134. The summed E-state index contributed by atoms with van der Waals surface area (Å²) >= 11 is 0. The Morgan fingerprint density at radius 3 is 1.86 bits per heavy atom. The molecule has 2 rings (SSSR count). The maximum atomic E-state index is 12.0. The van der Waals surface area contributed by atoms with Crippen LogP contribution in [0.3, 0.4) is 0 Å². The van der Waals surface area contributed by atoms with Crippen LogP contribution in [0.15, 0.2) is 36.4 Å². The van der Waals surface area contributed by atoms with Gasteiger partial charge < -0.3 is 25.0 Å². The number of carboxylic acid groups (broad SMARTS) is 2. The van der Waals surface area contributed by atoms with Gasteiger partial charge in [0, 0.05) is 44.9 Å². The summed E-state index contributed by atoms with van der Waals surface area (Å²) in [6.45, 7) is 9.52. The largest absolute Gasteiger partial charge is 0.508 e. The van der Waals surface area contributed by atoms with Crippen molar-refractivity contribution in [2.45, 2.75) is 32.9 Å². The molecule has 0 spiro atoms. The molecule has 1 saturated heterocycles. The van der Waals surface area contributed by atoms with Gasteiger partial charge >= 0.3 is 18.0 Å². The first-order chi connectivity index (χ1) is 13.5. The van der Waals surface area contributed by atoms with Crippen LogP contribution in [0.4, 0.5) is 4.79 Å². The van der Waals surface area contributed by atoms with Crippen molar-refractivity contribution < 1.29 is 34.4 Å². The Balaban J connectivity index is 0.000000447. The Labute approximate surface area is 169 Å². The number of carbonyl (C=O) groups is 3. The number of phenolic OH excluding ortho intramolecular Hbond substituents is 1. The molecule has 0 bridgehead atoms. The zero-order valence-corrected chi connectivity index (χ0v) is 16.9. The van der Waals surface area contributed by atoms with Gasteiger partial charge in [0.05, 0.1) is 0 Å². The number of nitrogens with zero attached hydrogens (tertiary/aromatic N) is 2. The predicted molar refractivity (Wildman–Crippen MR) is 106 cm³/mol. The van der Waals surface area contributed by atoms with Crippen molar-refractivity contribution in [1.82, 2.24) is 9.80 Å². The van der Waals surface area contributed by atoms with E-state index in [9.17, 15) is 19.5 Å². The molecule has 1 aromatic rings. The maximum Gasteiger partial charge on any atom is 0.410 e. The van der Waals surface area contributed by atoms with E-state index < -0.39 is 17.5 Å². The van der Waals surface area contributed by atoms with Crippen LogP contribution in [0.5, 0.6) is 5.75 Å². The van der Waals surface area contributed by atoms with Gasteiger partial charge in [-0.1, -0.05) is 12.1 Å². The number of hydrogen-bond donors (Lipinski definition) is 3. The van der Waals surface area contributed by atoms with Gasteiger partial charge in [-0.2, -0.15) is 0 Å². The molecule has 9 nitrogen and oxygen atoms in total. The van der Waals surface area contributed by atoms with Gasteiger partial charge in [0.25, 0.3) is 0 Å². The summed E-state index contributed by atoms with van der Waals surface area (Å²) in [6.07, 6.45) is 0.886. The van der Waals surface area contributed by atoms with Crippen LogP contribution in [-0.2, 0) is 20.9 Å². The number of aliphatic carboxylic acids is 2. The van der Waals surface area contributed by atoms with Crippen LogP contribution in [0, 0.1) is 0 Å². The van der Waals surface area contributed by atoms with Gasteiger partial charge in [-0.05, 0) is 38.5 Å². The fourth-order valence-electron chi connectivity index (χ4n) is 2.42. The van der Waals surface area contributed by atoms with Crippen molar-refractivity contribution in [3.8, 4) is 5.75 Å². The molecule has 0 saturated carbocycles. The number of benzene rings is 1. The van der Waals surface area contributed by atoms with E-state index in [4.69, 9.17) is 14.9 Å². The second-order valence-corrected chi connectivity index (χ2v) is 7.42. The molecule has 3 N–H and O–H groups in total. The molecule has 1 aliphatic rings. The van der Waals surface area contributed by atoms with Crippen LogP contribution in [0.25, 0.3) is 0 Å². The first-order valence-electron chi connectivity index (χ1n) is 9.08. The summed E-state index contributed by atoms with van der Waals surface area (Å²) in [4.78, 5) is 35.1. The molecule has 1 amide bonds. The Morgan fingerprint density at radius 2 is 1.45 bits per heavy atom. The predicted octanol–water partition coefficient (Wildman–Crippen LogP) is 2.16. The van der Waals surface area contributed by atoms with Crippen molar-refractivity contribution in [1.29, 1.82) is 0 Å². The van der Waals surface area contributed by atoms with E-state index in [1.807, 2.05) is 32.9 Å². The Bertz CT molecular complexity index is 699. The molecular weight excluding hydrogens is 380 g/mol. The molecule has 0 radical (unpaired) electrons. The van der Waals surface area contributed by atoms with Gasteiger partial charge in [-0.3, -0.25) is 4.90 Å². The van der Waals surface area contributed by atoms with Gasteiger partial charge in [0.1, 0.15) is 11.4 Å². The highest BCUT2D eigenvalue weighted by Gasteiger charge is 2.25. The smallest absolute Gasteiger partial charge is 0.410 e. The quantitative estimate of drug-likeness (QED) is 0.647. The Kier molecular flexibility index (Phi) is 9.14. The van der Waals surface area contributed by atoms with Gasteiger partial charge in [-0.15, -0.1) is 0 Å². The molecule has 160 valence electrons. The molecule has 1 heterocycles. The van der Waals surface area contributed by atoms with Crippen molar-refractivity contribution in [3.05, 3.63) is 42.0 Å². The first kappa shape index (κ1) is 24.0. The van der Waals surface area contributed by atoms with Crippen LogP contribution in [-0.4, -0.2) is 74.9 Å². The number of hydrogen-bond acceptors (Lipinski definition) is 6. The van der Waals surface area contributed by atoms with E-state index in [2.05, 4.69) is 4.90 Å². The Morgan fingerprint density at radius 1 is 0.966 bits per heavy atom. The lowest BCUT2D eigenvalue weighted by atomic mass is 10.2. The summed E-state index contributed by atoms with van der Waals surface area (Å²) < 4.78 is 5.38. The van der Waals surface area contributed by atoms with E-state index in [0.717, 1.165) is 19.6 Å². The topological polar surface area (TPSA) is 128 Å². The molecular formula is C20H28N2O7. The minimum atomic E-state index is -1.26. The molecule has 1 aliphatic heterocycles. The lowest BCUT2D eigenvalue weighted by Gasteiger charge is -2.35. The molecule has 1 aromatic carbocycles. The van der Waals surface area contributed by atoms with E-state index in [0.29, 0.717) is 25.2 Å². The highest BCUT2D eigenvalue weighted by molar-refractivity contribution is 5.89. The van der Waals surface area contributed by atoms with Crippen LogP contribution < -0.4 is 0 Å². The minimum Gasteiger partial charge on any atom is -0.508 e. The van der Waals surface area contributed by atoms with E-state index in [1.54, 1.807) is 17.0 Å². The minimum absolute atomic E-state index is 0.230. The number of carbonyl (C=O) groups excluding carboxylic acids is 1. The average molecular weight is 408 g/mol. The van der Waals surface area contributed by atoms with E-state index in [-0.39, 0.29) is 11.8 Å². The number of phenols is 1. The van der Waals surface area contributed by atoms with Crippen LogP contribution in [0.1, 0.15) is 26.3 Å². The molecule has 1 fully saturated rings. The SMILES string of the molecule is CC(C)(C)OC(=O)N1CCN(Cc2ccc(O)cc2)CC1.O=C(O)C=CC(=O)O. The monoisotopic (exact) mass is 408 g/mol. The second kappa shape index (κ2) is 11.1. The van der Waals surface area contributed by atoms with Crippen LogP contribution >= 0.6 is 0 Å². The number of ether oxygens (including phenoxy) is 1. The molecule has 29 heavy (non-hydrogen) atoms. The molecule has 0 aromatic heterocycles. The molecule has 0 atom stereocenters. The second-order valence-electron chi connectivity index (χ2n) is 7.42. The van der Waals surface area contributed by atoms with Crippen molar-refractivity contribution in [2.24, 2.45) is 0 Å². The Hall–Kier alpha value is -3.07. The van der Waals surface area contributed by atoms with Crippen molar-refractivity contribution >= 4 is 18.0 Å². The highest BCUT2D eigenvalue weighted by atomic mass is 16.6. The highest BCUT2D eigenvalue weighted by Crippen LogP contribution is 2.15. The van der Waals surface area contributed by atoms with Crippen molar-refractivity contribution in [2.75, 3.05) is 26.2 Å². The third-order valence-corrected chi connectivity index (χ3v) is 3.73. The normalized spacial score (nSPS) is 14.8. The standard InChI is InChI=1S/C16H24N2O3.C4H4O4/c1-16(2,3)21-15(20)18-10-8-17(9-11-18)12-13-4-6-14(19)7-5-13;5-3(6)1-2-4(7)8/h4-7,19H,8-12H2,1-3H3;1-2H,(H,5,6)(H,7,8). The zero-order valence-electron chi connectivity index (χ0n) is 16.9. The summed E-state index contributed by atoms with van der Waals surface area (Å²) in [5, 5.41) is 24.9. The first-order valence-corrected chi connectivity index (χ1v) is 9.08. The zero-order chi connectivity index (χ0) is 22.0. The van der Waals surface area contributed by atoms with E-state index >= 15 is 0 Å². The molecule has 9 heteroatoms. The lowest BCUT2D eigenvalue weighted by Crippen LogP contribution is -2.49. The number of carboxylic acids is 2. The van der Waals surface area contributed by atoms with Crippen LogP contribution in [0.2, 0.25) is 0 Å². The van der Waals surface area contributed by atoms with Gasteiger partial charge in [-0.25, -0.2) is 14.4 Å². The summed E-state index contributed by atoms with van der Waals surface area (Å²) in [5.41, 5.74) is 0.721. The number of aromatic hydroxyl groups is 1. The summed E-state index contributed by atoms with van der Waals surface area (Å²) in [5.74, 6) is -2.23. The number of amides is 1. The fraction of sp³-hybridized carbons (Fsp3) is 0.450. The molecule has 0 unspecified atom stereocenters. The fourth-order valence-corrected chi connectivity index (χ4v) is 2.42. The number of rotatable bonds is 4. The van der Waals surface area contributed by atoms with E-state index in [1.165, 1.54) is 5.56 Å². The van der Waals surface area contributed by atoms with Gasteiger partial charge in [0.15, 0.2) is 0 Å². The average Bonchev–Trinajstić information content (AvgIpc) is 2.62. The van der Waals surface area contributed by atoms with Gasteiger partial charge in [0.2, 0.25) is 0 Å². The third-order valence-electron chi connectivity index (χ3n) is 3.73.